The van der Waals surface area contributed by atoms with Gasteiger partial charge in [-0.15, -0.1) is 0 Å². The van der Waals surface area contributed by atoms with Crippen molar-refractivity contribution >= 4 is 21.7 Å². The normalized spacial score (nSPS) is 12.2. The summed E-state index contributed by atoms with van der Waals surface area (Å²) in [6.07, 6.45) is 0. The van der Waals surface area contributed by atoms with E-state index in [1.165, 1.54) is 6.92 Å². The molecule has 0 spiro atoms. The van der Waals surface area contributed by atoms with Gasteiger partial charge >= 0.3 is 0 Å². The fourth-order valence-corrected chi connectivity index (χ4v) is 1.76. The summed E-state index contributed by atoms with van der Waals surface area (Å²) in [6, 6.07) is 5.35. The Morgan fingerprint density at radius 1 is 1.56 bits per heavy atom. The molecule has 0 aliphatic carbocycles. The highest BCUT2D eigenvalue weighted by Crippen LogP contribution is 2.32. The van der Waals surface area contributed by atoms with Crippen LogP contribution in [-0.4, -0.2) is 17.5 Å². The quantitative estimate of drug-likeness (QED) is 0.847. The van der Waals surface area contributed by atoms with E-state index in [0.717, 1.165) is 11.1 Å². The smallest absolute Gasteiger partial charge is 0.147 e. The lowest BCUT2D eigenvalue weighted by atomic mass is 10.1. The van der Waals surface area contributed by atoms with Crippen molar-refractivity contribution in [2.24, 2.45) is 0 Å². The van der Waals surface area contributed by atoms with Gasteiger partial charge in [0.05, 0.1) is 13.2 Å². The minimum atomic E-state index is -0.388. The Morgan fingerprint density at radius 2 is 2.25 bits per heavy atom. The molecule has 1 atom stereocenters. The number of aliphatic hydroxyl groups is 1. The van der Waals surface area contributed by atoms with Crippen LogP contribution in [0.15, 0.2) is 18.2 Å². The lowest BCUT2D eigenvalue weighted by molar-refractivity contribution is -0.116. The van der Waals surface area contributed by atoms with Crippen LogP contribution in [0, 0.1) is 0 Å². The first-order valence-corrected chi connectivity index (χ1v) is 6.02. The minimum Gasteiger partial charge on any atom is -0.494 e. The number of rotatable bonds is 5. The number of halogens is 1. The van der Waals surface area contributed by atoms with E-state index in [-0.39, 0.29) is 17.2 Å². The summed E-state index contributed by atoms with van der Waals surface area (Å²) < 4.78 is 5.44. The summed E-state index contributed by atoms with van der Waals surface area (Å²) in [4.78, 5) is 10.9. The van der Waals surface area contributed by atoms with Crippen LogP contribution in [0.1, 0.15) is 29.8 Å². The Labute approximate surface area is 104 Å². The zero-order valence-corrected chi connectivity index (χ0v) is 11.0. The predicted octanol–water partition coefficient (Wildman–Crippen LogP) is 2.60. The van der Waals surface area contributed by atoms with E-state index in [1.54, 1.807) is 18.2 Å². The maximum Gasteiger partial charge on any atom is 0.147 e. The standard InChI is InChI=1S/C12H15BrO3/c1-3-16-11-5-4-9(7-14)6-10(11)12(13)8(2)15/h4-6,12,14H,3,7H2,1-2H3. The van der Waals surface area contributed by atoms with Gasteiger partial charge in [0.25, 0.3) is 0 Å². The molecule has 16 heavy (non-hydrogen) atoms. The molecule has 4 heteroatoms. The lowest BCUT2D eigenvalue weighted by Crippen LogP contribution is -2.05. The van der Waals surface area contributed by atoms with Gasteiger partial charge in [-0.2, -0.15) is 0 Å². The first-order valence-electron chi connectivity index (χ1n) is 5.11. The molecule has 1 aromatic carbocycles. The Morgan fingerprint density at radius 3 is 2.75 bits per heavy atom. The Bertz CT molecular complexity index is 377. The number of alkyl halides is 1. The maximum absolute atomic E-state index is 11.3. The molecule has 0 aliphatic rings. The van der Waals surface area contributed by atoms with Gasteiger partial charge < -0.3 is 9.84 Å². The van der Waals surface area contributed by atoms with Gasteiger partial charge in [0.1, 0.15) is 16.4 Å². The molecular weight excluding hydrogens is 272 g/mol. The second kappa shape index (κ2) is 6.01. The van der Waals surface area contributed by atoms with E-state index in [4.69, 9.17) is 9.84 Å². The Hall–Kier alpha value is -0.870. The number of hydrogen-bond acceptors (Lipinski definition) is 3. The molecule has 0 aromatic heterocycles. The summed E-state index contributed by atoms with van der Waals surface area (Å²) in [6.45, 7) is 3.90. The number of carbonyl (C=O) groups excluding carboxylic acids is 1. The summed E-state index contributed by atoms with van der Waals surface area (Å²) >= 11 is 3.32. The van der Waals surface area contributed by atoms with Crippen LogP contribution in [0.2, 0.25) is 0 Å². The third-order valence-corrected chi connectivity index (χ3v) is 3.32. The third-order valence-electron chi connectivity index (χ3n) is 2.19. The van der Waals surface area contributed by atoms with Gasteiger partial charge in [0, 0.05) is 5.56 Å². The molecule has 1 unspecified atom stereocenters. The van der Waals surface area contributed by atoms with Gasteiger partial charge in [-0.05, 0) is 31.5 Å². The number of hydrogen-bond donors (Lipinski definition) is 1. The maximum atomic E-state index is 11.3. The number of carbonyl (C=O) groups is 1. The van der Waals surface area contributed by atoms with E-state index >= 15 is 0 Å². The van der Waals surface area contributed by atoms with Crippen molar-refractivity contribution in [3.05, 3.63) is 29.3 Å². The molecule has 0 bridgehead atoms. The van der Waals surface area contributed by atoms with Gasteiger partial charge in [0.2, 0.25) is 0 Å². The number of aliphatic hydroxyl groups excluding tert-OH is 1. The van der Waals surface area contributed by atoms with Gasteiger partial charge in [0.15, 0.2) is 0 Å². The molecule has 1 aromatic rings. The average molecular weight is 287 g/mol. The van der Waals surface area contributed by atoms with Crippen molar-refractivity contribution in [1.82, 2.24) is 0 Å². The van der Waals surface area contributed by atoms with Crippen LogP contribution in [0.4, 0.5) is 0 Å². The van der Waals surface area contributed by atoms with Crippen molar-refractivity contribution in [1.29, 1.82) is 0 Å². The summed E-state index contributed by atoms with van der Waals surface area (Å²) in [5, 5.41) is 9.06. The largest absolute Gasteiger partial charge is 0.494 e. The predicted molar refractivity (Wildman–Crippen MR) is 65.9 cm³/mol. The molecule has 0 saturated heterocycles. The molecule has 0 heterocycles. The van der Waals surface area contributed by atoms with Gasteiger partial charge in [-0.1, -0.05) is 22.0 Å². The fraction of sp³-hybridized carbons (Fsp3) is 0.417. The highest BCUT2D eigenvalue weighted by atomic mass is 79.9. The molecule has 0 amide bonds. The number of ether oxygens (including phenoxy) is 1. The summed E-state index contributed by atoms with van der Waals surface area (Å²) in [5.74, 6) is 0.688. The Kier molecular flexibility index (Phi) is 4.96. The van der Waals surface area contributed by atoms with Gasteiger partial charge in [-0.25, -0.2) is 0 Å². The number of Topliss-reactive ketones (excluding diaryl/α,β-unsaturated/α-hetero) is 1. The fourth-order valence-electron chi connectivity index (χ4n) is 1.40. The summed E-state index contributed by atoms with van der Waals surface area (Å²) in [5.41, 5.74) is 1.53. The number of benzene rings is 1. The van der Waals surface area contributed by atoms with Crippen LogP contribution in [0.25, 0.3) is 0 Å². The van der Waals surface area contributed by atoms with Crippen LogP contribution >= 0.6 is 15.9 Å². The molecule has 0 fully saturated rings. The van der Waals surface area contributed by atoms with E-state index in [0.29, 0.717) is 12.4 Å². The zero-order chi connectivity index (χ0) is 12.1. The monoisotopic (exact) mass is 286 g/mol. The molecule has 1 N–H and O–H groups in total. The van der Waals surface area contributed by atoms with Crippen LogP contribution in [0.3, 0.4) is 0 Å². The topological polar surface area (TPSA) is 46.5 Å². The van der Waals surface area contributed by atoms with E-state index in [2.05, 4.69) is 15.9 Å². The van der Waals surface area contributed by atoms with Crippen molar-refractivity contribution in [2.45, 2.75) is 25.3 Å². The molecule has 0 saturated carbocycles. The molecule has 1 rings (SSSR count). The summed E-state index contributed by atoms with van der Waals surface area (Å²) in [7, 11) is 0. The van der Waals surface area contributed by atoms with Crippen molar-refractivity contribution in [3.63, 3.8) is 0 Å². The lowest BCUT2D eigenvalue weighted by Gasteiger charge is -2.14. The van der Waals surface area contributed by atoms with Crippen LogP contribution in [0.5, 0.6) is 5.75 Å². The zero-order valence-electron chi connectivity index (χ0n) is 9.37. The van der Waals surface area contributed by atoms with Crippen LogP contribution < -0.4 is 4.74 Å². The van der Waals surface area contributed by atoms with Crippen molar-refractivity contribution in [3.8, 4) is 5.75 Å². The van der Waals surface area contributed by atoms with Crippen LogP contribution in [-0.2, 0) is 11.4 Å². The molecule has 0 radical (unpaired) electrons. The SMILES string of the molecule is CCOc1ccc(CO)cc1C(Br)C(C)=O. The molecule has 0 aliphatic heterocycles. The Balaban J connectivity index is 3.14. The van der Waals surface area contributed by atoms with E-state index < -0.39 is 0 Å². The molecule has 3 nitrogen and oxygen atoms in total. The minimum absolute atomic E-state index is 0.0102. The molecular formula is C12H15BrO3. The second-order valence-electron chi connectivity index (χ2n) is 3.44. The average Bonchev–Trinajstić information content (AvgIpc) is 2.29. The second-order valence-corrected chi connectivity index (χ2v) is 4.35. The highest BCUT2D eigenvalue weighted by Gasteiger charge is 2.17. The highest BCUT2D eigenvalue weighted by molar-refractivity contribution is 9.09. The number of ketones is 1. The van der Waals surface area contributed by atoms with E-state index in [1.807, 2.05) is 6.92 Å². The van der Waals surface area contributed by atoms with E-state index in [9.17, 15) is 4.79 Å². The first-order chi connectivity index (χ1) is 7.60. The first kappa shape index (κ1) is 13.2. The van der Waals surface area contributed by atoms with Gasteiger partial charge in [-0.3, -0.25) is 4.79 Å². The van der Waals surface area contributed by atoms with Crippen molar-refractivity contribution in [2.75, 3.05) is 6.61 Å². The van der Waals surface area contributed by atoms with Crippen molar-refractivity contribution < 1.29 is 14.6 Å². The third kappa shape index (κ3) is 3.06. The molecule has 88 valence electrons.